The van der Waals surface area contributed by atoms with Crippen LogP contribution < -0.4 is 70.0 Å². The number of pyridine rings is 5. The Morgan fingerprint density at radius 2 is 0.741 bits per heavy atom. The molecule has 9 N–H and O–H groups in total. The van der Waals surface area contributed by atoms with Crippen LogP contribution in [0.2, 0.25) is 5.28 Å². The molecule has 143 heavy (non-hydrogen) atoms. The number of hydrogen-bond donors (Lipinski definition) is 7. The predicted octanol–water partition coefficient (Wildman–Crippen LogP) is 12.5. The first kappa shape index (κ1) is 113. The van der Waals surface area contributed by atoms with Crippen LogP contribution in [0, 0.1) is 29.6 Å². The number of aryl methyl sites for hydroxylation is 1. The molecule has 20 rings (SSSR count). The first-order valence-corrected chi connectivity index (χ1v) is 50.8. The van der Waals surface area contributed by atoms with E-state index < -0.39 is 0 Å². The summed E-state index contributed by atoms with van der Waals surface area (Å²) in [5.41, 5.74) is 21.4. The van der Waals surface area contributed by atoms with E-state index in [1.54, 1.807) is 43.8 Å². The van der Waals surface area contributed by atoms with Crippen molar-refractivity contribution in [2.75, 3.05) is 161 Å². The van der Waals surface area contributed by atoms with Gasteiger partial charge in [0.15, 0.2) is 28.2 Å². The van der Waals surface area contributed by atoms with Gasteiger partial charge in [-0.25, -0.2) is 24.9 Å². The molecule has 0 radical (unpaired) electrons. The van der Waals surface area contributed by atoms with Gasteiger partial charge in [0.05, 0.1) is 84.1 Å². The fraction of sp³-hybridized carbons (Fsp3) is 0.375. The fourth-order valence-electron chi connectivity index (χ4n) is 17.3. The van der Waals surface area contributed by atoms with Gasteiger partial charge in [0.25, 0.3) is 0 Å². The monoisotopic (exact) mass is 2160 g/mol. The Bertz CT molecular complexity index is 6540. The standard InChI is InChI=1S/C22H26ClN5O2.C22H25N5O2.C20H24N4O.C18H19BrN4O.C13H9BrClN3.C5H11NO.C3H4Cl2O.CH5N.Na.H2O/c1-26(20(30)7-9-23)18-11-19-21(24-12-18)25-22(27-10-8-17(13-27)15-29)28(19)14-16-5-3-2-4-6-16;1-3-20(29)25(2)18-11-19-21(23-12-18)24-22(26-10-9-17(13-26)15-28)27(19)14-16-7-5-4-6-8-16;1-2-15-10-18-19(21-11-15)22-20(23-9-8-17(12-23)14-25)24(18)13-16-6-4-3-5-7-16;19-15-8-16-17(20-9-15)21-18(22-7-6-14(10-22)12-24)23(16)11-13-4-2-1-3-5-13;14-10-6-11-12(16-7-10)17-13(15)18(11)8-9-4-2-1-3-5-9;7-4-5-1-2-6-3-5;4-2-1-3(5)6;1-2;;/h2-6,11-12,17,29H,7-10,13-15H2,1H3;3-8,11-12,17,28H,1,9-10,13-15H2,2H3;3-7,10-11,17,25H,2,8-9,12-14H2,1H3;1-5,8-9,14,24H,6-7,10-12H2;1-7H,8H2;5-7H,1-4H2;1-2H2;2H2,1H3;;1H2/q;;;;;;;;+1;/p-1/t3*17-;14-;;5-;;;;/m1111.1..../s1. The molecule has 0 aliphatic carbocycles. The summed E-state index contributed by atoms with van der Waals surface area (Å²) in [6.45, 7) is 19.3. The summed E-state index contributed by atoms with van der Waals surface area (Å²) in [7, 11) is 4.95. The van der Waals surface area contributed by atoms with Gasteiger partial charge in [-0.15, -0.1) is 23.2 Å². The van der Waals surface area contributed by atoms with E-state index in [1.165, 1.54) is 40.3 Å². The second-order valence-electron chi connectivity index (χ2n) is 35.0. The summed E-state index contributed by atoms with van der Waals surface area (Å²) in [5.74, 6) is 5.71. The third-order valence-corrected chi connectivity index (χ3v) is 26.9. The maximum Gasteiger partial charge on any atom is 1.00 e. The molecule has 2 amide bonds. The second-order valence-corrected chi connectivity index (χ2v) is 38.3. The number of anilines is 6. The van der Waals surface area contributed by atoms with E-state index in [1.807, 2.05) is 95.7 Å². The summed E-state index contributed by atoms with van der Waals surface area (Å²) in [5, 5.41) is 49.8. The Morgan fingerprint density at radius 3 is 1.03 bits per heavy atom. The quantitative estimate of drug-likeness (QED) is 0.0109. The summed E-state index contributed by atoms with van der Waals surface area (Å²) < 4.78 is 12.6. The van der Waals surface area contributed by atoms with Gasteiger partial charge in [-0.3, -0.25) is 14.4 Å². The Balaban J connectivity index is 0.000000165. The number of likely N-dealkylation sites (N-methyl/N-ethyl adjacent to an activating group) is 1. The SMILES string of the molecule is C=CC(=O)N(C)c1cnc2nc(N3CC[C@@H](CO)C3)n(Cc3ccccc3)c2c1.CCc1cnc2nc(N3CC[C@@H](CO)C3)n(Cc3ccccc3)c2c1.CN.CN(C(=O)CCCl)c1cnc2nc(N3CC[C@@H](CO)C3)n(Cc3ccccc3)c2c1.Clc1nc2ncc(Br)cc2n1Cc1ccccc1.O=C(Cl)CCCl.OC[C@@H]1CCN(c2nc3ncc(Br)cc3n2Cc2ccccc2)C1.OC[C@@H]1CCNC1.[Na+].[OH-]. The molecule has 5 atom stereocenters. The van der Waals surface area contributed by atoms with Gasteiger partial charge in [-0.05, 0) is 183 Å². The number of benzene rings is 5. The van der Waals surface area contributed by atoms with Crippen molar-refractivity contribution < 1.29 is 74.9 Å². The van der Waals surface area contributed by atoms with Crippen molar-refractivity contribution in [3.63, 3.8) is 0 Å². The number of nitrogens with two attached hydrogens (primary N) is 1. The molecule has 5 saturated heterocycles. The van der Waals surface area contributed by atoms with Crippen LogP contribution in [0.4, 0.5) is 35.2 Å². The third kappa shape index (κ3) is 30.4. The van der Waals surface area contributed by atoms with E-state index in [0.717, 1.165) is 200 Å². The van der Waals surface area contributed by atoms with Crippen LogP contribution in [0.3, 0.4) is 0 Å². The molecule has 39 heteroatoms. The normalized spacial score (nSPS) is 16.1. The van der Waals surface area contributed by atoms with Crippen molar-refractivity contribution in [1.29, 1.82) is 0 Å². The molecule has 15 aromatic rings. The Morgan fingerprint density at radius 1 is 0.434 bits per heavy atom. The van der Waals surface area contributed by atoms with Crippen molar-refractivity contribution in [2.45, 2.75) is 91.0 Å². The molecule has 752 valence electrons. The molecule has 15 heterocycles. The van der Waals surface area contributed by atoms with E-state index >= 15 is 0 Å². The molecule has 5 aliphatic rings. The predicted molar refractivity (Wildman–Crippen MR) is 573 cm³/mol. The van der Waals surface area contributed by atoms with E-state index in [0.29, 0.717) is 83.5 Å². The van der Waals surface area contributed by atoms with Crippen molar-refractivity contribution in [3.05, 3.63) is 273 Å². The van der Waals surface area contributed by atoms with Crippen LogP contribution >= 0.6 is 78.3 Å². The van der Waals surface area contributed by atoms with Gasteiger partial charge in [-0.2, -0.15) is 24.9 Å². The van der Waals surface area contributed by atoms with E-state index in [4.69, 9.17) is 71.4 Å². The van der Waals surface area contributed by atoms with Crippen LogP contribution in [0.15, 0.2) is 235 Å². The number of alkyl halides is 2. The molecule has 0 unspecified atom stereocenters. The minimum atomic E-state index is -0.370. The van der Waals surface area contributed by atoms with Crippen molar-refractivity contribution in [2.24, 2.45) is 35.3 Å². The van der Waals surface area contributed by atoms with E-state index in [-0.39, 0.29) is 109 Å². The van der Waals surface area contributed by atoms with Crippen LogP contribution in [0.25, 0.3) is 55.8 Å². The van der Waals surface area contributed by atoms with Gasteiger partial charge in [0.2, 0.25) is 46.1 Å². The third-order valence-electron chi connectivity index (χ3n) is 25.2. The van der Waals surface area contributed by atoms with Crippen LogP contribution in [-0.4, -0.2) is 252 Å². The average molecular weight is 2160 g/mol. The fourth-order valence-corrected chi connectivity index (χ4v) is 18.7. The number of carbonyl (C=O) groups is 3. The van der Waals surface area contributed by atoms with Crippen molar-refractivity contribution in [1.82, 2.24) is 78.0 Å². The minimum absolute atomic E-state index is 0. The minimum Gasteiger partial charge on any atom is -0.870 e. The van der Waals surface area contributed by atoms with Gasteiger partial charge in [0, 0.05) is 182 Å². The van der Waals surface area contributed by atoms with E-state index in [9.17, 15) is 34.8 Å². The van der Waals surface area contributed by atoms with Crippen LogP contribution in [0.5, 0.6) is 0 Å². The summed E-state index contributed by atoms with van der Waals surface area (Å²) in [4.78, 5) is 92.0. The number of nitrogens with one attached hydrogen (secondary N) is 1. The molecular formula is C104H124Br2Cl4N23NaO9. The number of aliphatic hydroxyl groups excluding tert-OH is 5. The number of rotatable bonds is 27. The second kappa shape index (κ2) is 56.9. The number of halogens is 6. The largest absolute Gasteiger partial charge is 1.00 e. The summed E-state index contributed by atoms with van der Waals surface area (Å²) >= 11 is 28.8. The zero-order chi connectivity index (χ0) is 99.9. The Kier molecular flexibility index (Phi) is 44.9. The number of carbonyl (C=O) groups excluding carboxylic acids is 3. The molecule has 0 bridgehead atoms. The molecule has 32 nitrogen and oxygen atoms in total. The van der Waals surface area contributed by atoms with Crippen LogP contribution in [0.1, 0.15) is 85.3 Å². The number of aromatic nitrogens is 15. The maximum absolute atomic E-state index is 12.3. The molecule has 0 saturated carbocycles. The molecule has 5 fully saturated rings. The number of amides is 2. The number of nitrogens with zero attached hydrogens (tertiary/aromatic N) is 21. The van der Waals surface area contributed by atoms with Gasteiger partial charge >= 0.3 is 29.6 Å². The number of aliphatic hydroxyl groups is 5. The smallest absolute Gasteiger partial charge is 0.870 e. The zero-order valence-electron chi connectivity index (χ0n) is 81.2. The first-order chi connectivity index (χ1) is 68.7. The zero-order valence-corrected chi connectivity index (χ0v) is 89.4. The average Bonchev–Trinajstić information content (AvgIpc) is 1.64. The molecule has 5 aliphatic heterocycles. The Hall–Kier alpha value is -10.5. The van der Waals surface area contributed by atoms with E-state index in [2.05, 4.69) is 221 Å². The number of hydrogen-bond acceptors (Lipinski definition) is 25. The maximum atomic E-state index is 12.3. The molecular weight excluding hydrogens is 2040 g/mol. The number of fused-ring (bicyclic) bond motifs is 5. The van der Waals surface area contributed by atoms with Gasteiger partial charge in [-0.1, -0.05) is 165 Å². The molecule has 10 aromatic heterocycles. The van der Waals surface area contributed by atoms with Crippen molar-refractivity contribution >= 4 is 186 Å². The van der Waals surface area contributed by atoms with Crippen molar-refractivity contribution in [3.8, 4) is 0 Å². The van der Waals surface area contributed by atoms with Gasteiger partial charge < -0.3 is 94.3 Å². The Labute approximate surface area is 892 Å². The first-order valence-electron chi connectivity index (χ1n) is 47.4. The molecule has 5 aromatic carbocycles. The van der Waals surface area contributed by atoms with Gasteiger partial charge in [0.1, 0.15) is 0 Å². The summed E-state index contributed by atoms with van der Waals surface area (Å²) in [6.07, 6.45) is 16.6. The van der Waals surface area contributed by atoms with Crippen LogP contribution in [-0.2, 0) is 53.5 Å². The summed E-state index contributed by atoms with van der Waals surface area (Å²) in [6, 6.07) is 61.6. The number of imidazole rings is 5. The molecule has 0 spiro atoms. The topological polar surface area (TPSA) is 393 Å².